The van der Waals surface area contributed by atoms with Gasteiger partial charge in [0.1, 0.15) is 0 Å². The zero-order valence-electron chi connectivity index (χ0n) is 10.3. The quantitative estimate of drug-likeness (QED) is 0.916. The Morgan fingerprint density at radius 2 is 2.37 bits per heavy atom. The Morgan fingerprint density at radius 1 is 1.47 bits per heavy atom. The number of anilines is 1. The van der Waals surface area contributed by atoms with Crippen LogP contribution in [0.4, 0.5) is 5.69 Å². The molecule has 0 saturated carbocycles. The van der Waals surface area contributed by atoms with Crippen LogP contribution < -0.4 is 5.32 Å². The number of hydrogen-bond acceptors (Lipinski definition) is 2. The molecule has 98 valence electrons. The summed E-state index contributed by atoms with van der Waals surface area (Å²) in [5.74, 6) is 0.0536. The molecule has 2 heterocycles. The standard InChI is InChI=1S/C14H14ClN3O/c15-11-2-1-3-12(7-11)17-14(19)10-4-5-18-9-16-8-13(18)6-10/h1-3,7-10H,4-6H2,(H,17,19). The SMILES string of the molecule is O=C(Nc1cccc(Cl)c1)C1CCn2cncc2C1. The number of carbonyl (C=O) groups excluding carboxylic acids is 1. The Balaban J connectivity index is 1.69. The molecule has 1 unspecified atom stereocenters. The van der Waals surface area contributed by atoms with Crippen molar-refractivity contribution in [1.29, 1.82) is 0 Å². The van der Waals surface area contributed by atoms with Gasteiger partial charge in [-0.25, -0.2) is 4.98 Å². The van der Waals surface area contributed by atoms with Crippen LogP contribution in [0.25, 0.3) is 0 Å². The molecule has 0 aliphatic carbocycles. The molecule has 1 aromatic heterocycles. The number of nitrogens with zero attached hydrogens (tertiary/aromatic N) is 2. The number of imidazole rings is 1. The number of aryl methyl sites for hydroxylation is 1. The second-order valence-corrected chi connectivity index (χ2v) is 5.20. The van der Waals surface area contributed by atoms with Gasteiger partial charge in [0.05, 0.1) is 6.33 Å². The number of rotatable bonds is 2. The third kappa shape index (κ3) is 2.63. The van der Waals surface area contributed by atoms with Gasteiger partial charge in [-0.1, -0.05) is 17.7 Å². The van der Waals surface area contributed by atoms with Crippen molar-refractivity contribution in [3.8, 4) is 0 Å². The van der Waals surface area contributed by atoms with E-state index < -0.39 is 0 Å². The fraction of sp³-hybridized carbons (Fsp3) is 0.286. The summed E-state index contributed by atoms with van der Waals surface area (Å²) >= 11 is 5.90. The van der Waals surface area contributed by atoms with E-state index in [0.717, 1.165) is 30.8 Å². The fourth-order valence-corrected chi connectivity index (χ4v) is 2.59. The molecule has 1 atom stereocenters. The third-order valence-corrected chi connectivity index (χ3v) is 3.67. The van der Waals surface area contributed by atoms with E-state index >= 15 is 0 Å². The zero-order chi connectivity index (χ0) is 13.2. The monoisotopic (exact) mass is 275 g/mol. The number of aromatic nitrogens is 2. The first-order valence-electron chi connectivity index (χ1n) is 6.28. The molecule has 4 nitrogen and oxygen atoms in total. The topological polar surface area (TPSA) is 46.9 Å². The molecule has 1 N–H and O–H groups in total. The van der Waals surface area contributed by atoms with Crippen LogP contribution in [0.1, 0.15) is 12.1 Å². The van der Waals surface area contributed by atoms with Crippen molar-refractivity contribution >= 4 is 23.2 Å². The first-order chi connectivity index (χ1) is 9.22. The molecule has 5 heteroatoms. The van der Waals surface area contributed by atoms with Gasteiger partial charge in [-0.15, -0.1) is 0 Å². The van der Waals surface area contributed by atoms with E-state index in [9.17, 15) is 4.79 Å². The molecule has 0 radical (unpaired) electrons. The molecular formula is C14H14ClN3O. The molecule has 1 aliphatic heterocycles. The second-order valence-electron chi connectivity index (χ2n) is 4.77. The smallest absolute Gasteiger partial charge is 0.227 e. The second kappa shape index (κ2) is 5.05. The van der Waals surface area contributed by atoms with Gasteiger partial charge >= 0.3 is 0 Å². The normalized spacial score (nSPS) is 17.8. The summed E-state index contributed by atoms with van der Waals surface area (Å²) in [5, 5.41) is 3.55. The van der Waals surface area contributed by atoms with Gasteiger partial charge in [-0.3, -0.25) is 4.79 Å². The van der Waals surface area contributed by atoms with Crippen LogP contribution in [0, 0.1) is 5.92 Å². The minimum Gasteiger partial charge on any atom is -0.335 e. The van der Waals surface area contributed by atoms with Crippen LogP contribution in [-0.4, -0.2) is 15.5 Å². The summed E-state index contributed by atoms with van der Waals surface area (Å²) in [6.45, 7) is 0.850. The maximum absolute atomic E-state index is 12.2. The van der Waals surface area contributed by atoms with Crippen molar-refractivity contribution in [2.45, 2.75) is 19.4 Å². The number of fused-ring (bicyclic) bond motifs is 1. The summed E-state index contributed by atoms with van der Waals surface area (Å²) in [6.07, 6.45) is 5.24. The zero-order valence-corrected chi connectivity index (χ0v) is 11.1. The van der Waals surface area contributed by atoms with E-state index in [0.29, 0.717) is 5.02 Å². The summed E-state index contributed by atoms with van der Waals surface area (Å²) in [6, 6.07) is 7.22. The van der Waals surface area contributed by atoms with Gasteiger partial charge in [0.25, 0.3) is 0 Å². The molecule has 19 heavy (non-hydrogen) atoms. The predicted molar refractivity (Wildman–Crippen MR) is 74.1 cm³/mol. The van der Waals surface area contributed by atoms with Crippen molar-refractivity contribution < 1.29 is 4.79 Å². The van der Waals surface area contributed by atoms with Gasteiger partial charge in [-0.2, -0.15) is 0 Å². The minimum atomic E-state index is 0.00295. The van der Waals surface area contributed by atoms with Crippen LogP contribution in [0.15, 0.2) is 36.8 Å². The Bertz CT molecular complexity index is 608. The molecule has 0 saturated heterocycles. The summed E-state index contributed by atoms with van der Waals surface area (Å²) < 4.78 is 2.10. The van der Waals surface area contributed by atoms with E-state index in [1.807, 2.05) is 24.7 Å². The molecule has 0 bridgehead atoms. The lowest BCUT2D eigenvalue weighted by atomic mass is 9.95. The Labute approximate surface area is 116 Å². The van der Waals surface area contributed by atoms with Crippen LogP contribution in [0.2, 0.25) is 5.02 Å². The number of hydrogen-bond donors (Lipinski definition) is 1. The van der Waals surface area contributed by atoms with Crippen LogP contribution >= 0.6 is 11.6 Å². The molecule has 0 fully saturated rings. The number of benzene rings is 1. The number of nitrogens with one attached hydrogen (secondary N) is 1. The molecule has 1 amide bonds. The Kier molecular flexibility index (Phi) is 3.25. The van der Waals surface area contributed by atoms with Crippen LogP contribution in [-0.2, 0) is 17.8 Å². The van der Waals surface area contributed by atoms with E-state index in [-0.39, 0.29) is 11.8 Å². The third-order valence-electron chi connectivity index (χ3n) is 3.44. The van der Waals surface area contributed by atoms with Gasteiger partial charge in [0.15, 0.2) is 0 Å². The molecular weight excluding hydrogens is 262 g/mol. The highest BCUT2D eigenvalue weighted by molar-refractivity contribution is 6.30. The number of carbonyl (C=O) groups is 1. The molecule has 1 aromatic carbocycles. The van der Waals surface area contributed by atoms with E-state index in [4.69, 9.17) is 11.6 Å². The fourth-order valence-electron chi connectivity index (χ4n) is 2.40. The summed E-state index contributed by atoms with van der Waals surface area (Å²) in [4.78, 5) is 16.3. The van der Waals surface area contributed by atoms with Crippen LogP contribution in [0.5, 0.6) is 0 Å². The van der Waals surface area contributed by atoms with Crippen LogP contribution in [0.3, 0.4) is 0 Å². The largest absolute Gasteiger partial charge is 0.335 e. The Morgan fingerprint density at radius 3 is 3.21 bits per heavy atom. The number of amides is 1. The lowest BCUT2D eigenvalue weighted by Gasteiger charge is -2.23. The van der Waals surface area contributed by atoms with E-state index in [2.05, 4.69) is 14.9 Å². The van der Waals surface area contributed by atoms with Gasteiger partial charge in [-0.05, 0) is 24.6 Å². The predicted octanol–water partition coefficient (Wildman–Crippen LogP) is 2.74. The molecule has 3 rings (SSSR count). The molecule has 1 aliphatic rings. The lowest BCUT2D eigenvalue weighted by Crippen LogP contribution is -2.29. The van der Waals surface area contributed by atoms with E-state index in [1.54, 1.807) is 12.1 Å². The van der Waals surface area contributed by atoms with Gasteiger partial charge in [0, 0.05) is 41.5 Å². The Hall–Kier alpha value is -1.81. The summed E-state index contributed by atoms with van der Waals surface area (Å²) in [7, 11) is 0. The first kappa shape index (κ1) is 12.2. The van der Waals surface area contributed by atoms with Crippen molar-refractivity contribution in [2.24, 2.45) is 5.92 Å². The van der Waals surface area contributed by atoms with Gasteiger partial charge < -0.3 is 9.88 Å². The van der Waals surface area contributed by atoms with Gasteiger partial charge in [0.2, 0.25) is 5.91 Å². The first-order valence-corrected chi connectivity index (χ1v) is 6.65. The van der Waals surface area contributed by atoms with Crippen molar-refractivity contribution in [2.75, 3.05) is 5.32 Å². The highest BCUT2D eigenvalue weighted by Crippen LogP contribution is 2.22. The van der Waals surface area contributed by atoms with E-state index in [1.165, 1.54) is 0 Å². The maximum atomic E-state index is 12.2. The van der Waals surface area contributed by atoms with Crippen molar-refractivity contribution in [3.63, 3.8) is 0 Å². The maximum Gasteiger partial charge on any atom is 0.227 e. The average molecular weight is 276 g/mol. The molecule has 2 aromatic rings. The van der Waals surface area contributed by atoms with Crippen molar-refractivity contribution in [1.82, 2.24) is 9.55 Å². The van der Waals surface area contributed by atoms with Crippen molar-refractivity contribution in [3.05, 3.63) is 47.5 Å². The lowest BCUT2D eigenvalue weighted by molar-refractivity contribution is -0.120. The average Bonchev–Trinajstić information content (AvgIpc) is 2.85. The highest BCUT2D eigenvalue weighted by atomic mass is 35.5. The minimum absolute atomic E-state index is 0.00295. The number of halogens is 1. The molecule has 0 spiro atoms. The summed E-state index contributed by atoms with van der Waals surface area (Å²) in [5.41, 5.74) is 1.87. The highest BCUT2D eigenvalue weighted by Gasteiger charge is 2.24.